The molecular weight excluding hydrogens is 268 g/mol. The minimum Gasteiger partial charge on any atom is -0.491 e. The van der Waals surface area contributed by atoms with E-state index in [9.17, 15) is 4.79 Å². The smallest absolute Gasteiger partial charge is 0.255 e. The number of amides is 1. The number of hydrogen-bond donors (Lipinski definition) is 2. The average molecular weight is 286 g/mol. The van der Waals surface area contributed by atoms with Crippen molar-refractivity contribution in [3.63, 3.8) is 0 Å². The molecule has 0 spiro atoms. The van der Waals surface area contributed by atoms with Crippen molar-refractivity contribution >= 4 is 17.3 Å². The van der Waals surface area contributed by atoms with Crippen molar-refractivity contribution < 1.29 is 14.3 Å². The highest BCUT2D eigenvalue weighted by atomic mass is 16.5. The van der Waals surface area contributed by atoms with Crippen LogP contribution in [0.4, 0.5) is 11.4 Å². The summed E-state index contributed by atoms with van der Waals surface area (Å²) in [6, 6.07) is 14.0. The second-order valence-electron chi connectivity index (χ2n) is 4.45. The number of nitrogen functional groups attached to an aromatic ring is 1. The van der Waals surface area contributed by atoms with Gasteiger partial charge < -0.3 is 20.5 Å². The molecule has 5 nitrogen and oxygen atoms in total. The fourth-order valence-electron chi connectivity index (χ4n) is 1.76. The van der Waals surface area contributed by atoms with E-state index in [1.165, 1.54) is 0 Å². The third-order valence-corrected chi connectivity index (χ3v) is 2.82. The van der Waals surface area contributed by atoms with E-state index in [2.05, 4.69) is 5.32 Å². The molecule has 0 heterocycles. The number of ether oxygens (including phenoxy) is 2. The topological polar surface area (TPSA) is 73.6 Å². The SMILES string of the molecule is COCCOc1ccc(NC(=O)c2cccc(N)c2)cc1. The lowest BCUT2D eigenvalue weighted by Crippen LogP contribution is -2.12. The molecule has 0 fully saturated rings. The Bertz CT molecular complexity index is 597. The number of rotatable bonds is 6. The Balaban J connectivity index is 1.95. The van der Waals surface area contributed by atoms with E-state index >= 15 is 0 Å². The lowest BCUT2D eigenvalue weighted by molar-refractivity contribution is 0.102. The van der Waals surface area contributed by atoms with Crippen LogP contribution in [0.25, 0.3) is 0 Å². The number of hydrogen-bond acceptors (Lipinski definition) is 4. The van der Waals surface area contributed by atoms with Crippen molar-refractivity contribution in [2.75, 3.05) is 31.4 Å². The third kappa shape index (κ3) is 4.50. The molecule has 0 bridgehead atoms. The molecule has 0 atom stereocenters. The monoisotopic (exact) mass is 286 g/mol. The molecule has 0 aliphatic carbocycles. The van der Waals surface area contributed by atoms with Gasteiger partial charge in [-0.25, -0.2) is 0 Å². The molecule has 0 saturated carbocycles. The summed E-state index contributed by atoms with van der Waals surface area (Å²) in [6.45, 7) is 1.03. The average Bonchev–Trinajstić information content (AvgIpc) is 2.49. The molecule has 0 aromatic heterocycles. The van der Waals surface area contributed by atoms with Gasteiger partial charge in [0, 0.05) is 24.0 Å². The highest BCUT2D eigenvalue weighted by Gasteiger charge is 2.06. The molecule has 0 aliphatic rings. The highest BCUT2D eigenvalue weighted by molar-refractivity contribution is 6.04. The third-order valence-electron chi connectivity index (χ3n) is 2.82. The molecule has 110 valence electrons. The first kappa shape index (κ1) is 14.9. The van der Waals surface area contributed by atoms with Crippen LogP contribution in [-0.2, 0) is 4.74 Å². The number of anilines is 2. The van der Waals surface area contributed by atoms with Crippen LogP contribution in [0.15, 0.2) is 48.5 Å². The van der Waals surface area contributed by atoms with Crippen molar-refractivity contribution in [1.29, 1.82) is 0 Å². The lowest BCUT2D eigenvalue weighted by Gasteiger charge is -2.08. The summed E-state index contributed by atoms with van der Waals surface area (Å²) in [7, 11) is 1.62. The number of carbonyl (C=O) groups excluding carboxylic acids is 1. The van der Waals surface area contributed by atoms with Crippen LogP contribution in [0.5, 0.6) is 5.75 Å². The number of nitrogens with one attached hydrogen (secondary N) is 1. The number of benzene rings is 2. The van der Waals surface area contributed by atoms with Crippen LogP contribution >= 0.6 is 0 Å². The van der Waals surface area contributed by atoms with E-state index in [0.29, 0.717) is 30.2 Å². The van der Waals surface area contributed by atoms with Crippen molar-refractivity contribution in [2.24, 2.45) is 0 Å². The fourth-order valence-corrected chi connectivity index (χ4v) is 1.76. The lowest BCUT2D eigenvalue weighted by atomic mass is 10.2. The quantitative estimate of drug-likeness (QED) is 0.632. The second kappa shape index (κ2) is 7.31. The van der Waals surface area contributed by atoms with Gasteiger partial charge in [-0.1, -0.05) is 6.07 Å². The van der Waals surface area contributed by atoms with Gasteiger partial charge in [0.25, 0.3) is 5.91 Å². The Kier molecular flexibility index (Phi) is 5.17. The van der Waals surface area contributed by atoms with Gasteiger partial charge in [-0.05, 0) is 42.5 Å². The predicted octanol–water partition coefficient (Wildman–Crippen LogP) is 2.55. The largest absolute Gasteiger partial charge is 0.491 e. The zero-order chi connectivity index (χ0) is 15.1. The van der Waals surface area contributed by atoms with Crippen LogP contribution in [0.2, 0.25) is 0 Å². The molecule has 5 heteroatoms. The van der Waals surface area contributed by atoms with Gasteiger partial charge in [-0.2, -0.15) is 0 Å². The molecule has 2 aromatic carbocycles. The summed E-state index contributed by atoms with van der Waals surface area (Å²) in [5.74, 6) is 0.532. The van der Waals surface area contributed by atoms with E-state index in [-0.39, 0.29) is 5.91 Å². The molecule has 0 aliphatic heterocycles. The standard InChI is InChI=1S/C16H18N2O3/c1-20-9-10-21-15-7-5-14(6-8-15)18-16(19)12-3-2-4-13(17)11-12/h2-8,11H,9-10,17H2,1H3,(H,18,19). The van der Waals surface area contributed by atoms with Crippen molar-refractivity contribution in [3.8, 4) is 5.75 Å². The van der Waals surface area contributed by atoms with Gasteiger partial charge in [0.05, 0.1) is 6.61 Å². The van der Waals surface area contributed by atoms with Gasteiger partial charge >= 0.3 is 0 Å². The molecular formula is C16H18N2O3. The Morgan fingerprint density at radius 1 is 1.14 bits per heavy atom. The van der Waals surface area contributed by atoms with Crippen LogP contribution in [0.1, 0.15) is 10.4 Å². The van der Waals surface area contributed by atoms with E-state index in [1.807, 2.05) is 0 Å². The molecule has 0 radical (unpaired) electrons. The van der Waals surface area contributed by atoms with Gasteiger partial charge in [-0.3, -0.25) is 4.79 Å². The summed E-state index contributed by atoms with van der Waals surface area (Å²) in [6.07, 6.45) is 0. The second-order valence-corrected chi connectivity index (χ2v) is 4.45. The van der Waals surface area contributed by atoms with Crippen molar-refractivity contribution in [2.45, 2.75) is 0 Å². The Labute approximate surface area is 123 Å². The first-order chi connectivity index (χ1) is 10.2. The zero-order valence-corrected chi connectivity index (χ0v) is 11.8. The van der Waals surface area contributed by atoms with E-state index in [1.54, 1.807) is 55.6 Å². The first-order valence-corrected chi connectivity index (χ1v) is 6.58. The number of methoxy groups -OCH3 is 1. The minimum absolute atomic E-state index is 0.199. The summed E-state index contributed by atoms with van der Waals surface area (Å²) in [4.78, 5) is 12.0. The van der Waals surface area contributed by atoms with Crippen LogP contribution in [0, 0.1) is 0 Å². The van der Waals surface area contributed by atoms with Crippen molar-refractivity contribution in [1.82, 2.24) is 0 Å². The normalized spacial score (nSPS) is 10.1. The van der Waals surface area contributed by atoms with E-state index < -0.39 is 0 Å². The summed E-state index contributed by atoms with van der Waals surface area (Å²) >= 11 is 0. The summed E-state index contributed by atoms with van der Waals surface area (Å²) in [5.41, 5.74) is 7.44. The minimum atomic E-state index is -0.199. The maximum atomic E-state index is 12.0. The summed E-state index contributed by atoms with van der Waals surface area (Å²) < 4.78 is 10.4. The van der Waals surface area contributed by atoms with Crippen LogP contribution < -0.4 is 15.8 Å². The fraction of sp³-hybridized carbons (Fsp3) is 0.188. The van der Waals surface area contributed by atoms with Gasteiger partial charge in [0.2, 0.25) is 0 Å². The van der Waals surface area contributed by atoms with E-state index in [4.69, 9.17) is 15.2 Å². The Hall–Kier alpha value is -2.53. The van der Waals surface area contributed by atoms with Gasteiger partial charge in [0.15, 0.2) is 0 Å². The molecule has 1 amide bonds. The molecule has 0 saturated heterocycles. The maximum Gasteiger partial charge on any atom is 0.255 e. The zero-order valence-electron chi connectivity index (χ0n) is 11.8. The molecule has 0 unspecified atom stereocenters. The molecule has 3 N–H and O–H groups in total. The molecule has 21 heavy (non-hydrogen) atoms. The van der Waals surface area contributed by atoms with Crippen molar-refractivity contribution in [3.05, 3.63) is 54.1 Å². The first-order valence-electron chi connectivity index (χ1n) is 6.58. The summed E-state index contributed by atoms with van der Waals surface area (Å²) in [5, 5.41) is 2.81. The molecule has 2 rings (SSSR count). The maximum absolute atomic E-state index is 12.0. The number of carbonyl (C=O) groups is 1. The molecule has 2 aromatic rings. The Morgan fingerprint density at radius 3 is 2.57 bits per heavy atom. The van der Waals surface area contributed by atoms with E-state index in [0.717, 1.165) is 5.75 Å². The van der Waals surface area contributed by atoms with Crippen LogP contribution in [-0.4, -0.2) is 26.2 Å². The van der Waals surface area contributed by atoms with Gasteiger partial charge in [0.1, 0.15) is 12.4 Å². The Morgan fingerprint density at radius 2 is 1.90 bits per heavy atom. The highest BCUT2D eigenvalue weighted by Crippen LogP contribution is 2.17. The predicted molar refractivity (Wildman–Crippen MR) is 82.6 cm³/mol. The van der Waals surface area contributed by atoms with Gasteiger partial charge in [-0.15, -0.1) is 0 Å². The number of nitrogens with two attached hydrogens (primary N) is 1. The van der Waals surface area contributed by atoms with Crippen LogP contribution in [0.3, 0.4) is 0 Å².